The number of rotatable bonds is 5. The lowest BCUT2D eigenvalue weighted by molar-refractivity contribution is 0.0953. The summed E-state index contributed by atoms with van der Waals surface area (Å²) in [6.07, 6.45) is 2.12. The molecule has 0 unspecified atom stereocenters. The number of ether oxygens (including phenoxy) is 1. The quantitative estimate of drug-likeness (QED) is 0.458. The van der Waals surface area contributed by atoms with E-state index < -0.39 is 5.91 Å². The highest BCUT2D eigenvalue weighted by molar-refractivity contribution is 6.36. The first-order valence-electron chi connectivity index (χ1n) is 10.3. The fourth-order valence-corrected chi connectivity index (χ4v) is 4.15. The van der Waals surface area contributed by atoms with E-state index in [1.54, 1.807) is 56.5 Å². The Kier molecular flexibility index (Phi) is 6.72. The zero-order valence-electron chi connectivity index (χ0n) is 18.0. The summed E-state index contributed by atoms with van der Waals surface area (Å²) < 4.78 is 11.0. The Balaban J connectivity index is 1.55. The lowest BCUT2D eigenvalue weighted by atomic mass is 9.93. The molecule has 1 heterocycles. The minimum Gasteiger partial charge on any atom is -0.497 e. The minimum atomic E-state index is -0.423. The molecule has 4 rings (SSSR count). The van der Waals surface area contributed by atoms with Crippen LogP contribution in [0.5, 0.6) is 5.75 Å². The van der Waals surface area contributed by atoms with E-state index in [9.17, 15) is 9.59 Å². The van der Waals surface area contributed by atoms with Crippen molar-refractivity contribution in [2.75, 3.05) is 12.4 Å². The third-order valence-corrected chi connectivity index (χ3v) is 5.90. The summed E-state index contributed by atoms with van der Waals surface area (Å²) in [5.41, 5.74) is 5.57. The highest BCUT2D eigenvalue weighted by Gasteiger charge is 2.28. The summed E-state index contributed by atoms with van der Waals surface area (Å²) >= 11 is 12.1. The molecule has 2 aromatic carbocycles. The van der Waals surface area contributed by atoms with Crippen molar-refractivity contribution >= 4 is 46.4 Å². The third-order valence-electron chi connectivity index (χ3n) is 5.36. The molecule has 1 aliphatic carbocycles. The first kappa shape index (κ1) is 22.9. The monoisotopic (exact) mass is 485 g/mol. The molecule has 1 aromatic heterocycles. The van der Waals surface area contributed by atoms with Crippen LogP contribution in [0.1, 0.15) is 50.6 Å². The molecule has 0 atom stereocenters. The molecular formula is C24H21Cl2N3O4. The molecule has 0 saturated carbocycles. The van der Waals surface area contributed by atoms with Crippen molar-refractivity contribution in [2.45, 2.75) is 26.2 Å². The van der Waals surface area contributed by atoms with Gasteiger partial charge in [0.2, 0.25) is 0 Å². The van der Waals surface area contributed by atoms with Crippen LogP contribution in [0.4, 0.5) is 5.69 Å². The van der Waals surface area contributed by atoms with Gasteiger partial charge in [-0.1, -0.05) is 23.2 Å². The molecule has 2 amide bonds. The van der Waals surface area contributed by atoms with Crippen LogP contribution in [0.15, 0.2) is 52.0 Å². The molecule has 0 aliphatic heterocycles. The Morgan fingerprint density at radius 2 is 1.82 bits per heavy atom. The summed E-state index contributed by atoms with van der Waals surface area (Å²) in [5.74, 6) is 0.752. The number of nitrogens with zero attached hydrogens (tertiary/aromatic N) is 1. The van der Waals surface area contributed by atoms with Crippen molar-refractivity contribution < 1.29 is 18.7 Å². The average Bonchev–Trinajstić information content (AvgIpc) is 3.16. The van der Waals surface area contributed by atoms with Crippen LogP contribution >= 0.6 is 23.2 Å². The number of carbonyl (C=O) groups excluding carboxylic acids is 2. The van der Waals surface area contributed by atoms with E-state index in [4.69, 9.17) is 32.4 Å². The lowest BCUT2D eigenvalue weighted by Crippen LogP contribution is -2.22. The zero-order chi connectivity index (χ0) is 23.5. The number of hydrazone groups is 1. The molecule has 3 aromatic rings. The SMILES string of the molecule is COc1ccc(C(=O)N/N=C2\CCCc3oc(C(=O)Nc4ccc(Cl)cc4Cl)c(C)c32)cc1. The van der Waals surface area contributed by atoms with E-state index in [1.165, 1.54) is 0 Å². The van der Waals surface area contributed by atoms with Crippen molar-refractivity contribution in [1.82, 2.24) is 5.43 Å². The Hall–Kier alpha value is -3.29. The number of anilines is 1. The molecule has 0 bridgehead atoms. The van der Waals surface area contributed by atoms with E-state index in [2.05, 4.69) is 15.8 Å². The van der Waals surface area contributed by atoms with Crippen molar-refractivity contribution in [1.29, 1.82) is 0 Å². The number of hydrogen-bond acceptors (Lipinski definition) is 5. The molecule has 33 heavy (non-hydrogen) atoms. The minimum absolute atomic E-state index is 0.182. The summed E-state index contributed by atoms with van der Waals surface area (Å²) in [6.45, 7) is 1.80. The van der Waals surface area contributed by atoms with Gasteiger partial charge in [-0.2, -0.15) is 5.10 Å². The molecule has 170 valence electrons. The fraction of sp³-hybridized carbons (Fsp3) is 0.208. The van der Waals surface area contributed by atoms with Crippen LogP contribution in [-0.4, -0.2) is 24.6 Å². The third kappa shape index (κ3) is 4.89. The number of nitrogens with one attached hydrogen (secondary N) is 2. The van der Waals surface area contributed by atoms with Gasteiger partial charge in [-0.15, -0.1) is 0 Å². The molecular weight excluding hydrogens is 465 g/mol. The van der Waals surface area contributed by atoms with Crippen molar-refractivity contribution in [2.24, 2.45) is 5.10 Å². The van der Waals surface area contributed by atoms with Crippen LogP contribution in [0, 0.1) is 6.92 Å². The van der Waals surface area contributed by atoms with Gasteiger partial charge >= 0.3 is 0 Å². The maximum atomic E-state index is 12.9. The highest BCUT2D eigenvalue weighted by Crippen LogP contribution is 2.31. The van der Waals surface area contributed by atoms with Crippen molar-refractivity contribution in [3.63, 3.8) is 0 Å². The zero-order valence-corrected chi connectivity index (χ0v) is 19.5. The van der Waals surface area contributed by atoms with E-state index in [-0.39, 0.29) is 11.7 Å². The van der Waals surface area contributed by atoms with E-state index in [1.807, 2.05) is 0 Å². The maximum absolute atomic E-state index is 12.9. The normalized spacial score (nSPS) is 14.0. The topological polar surface area (TPSA) is 92.9 Å². The summed E-state index contributed by atoms with van der Waals surface area (Å²) in [5, 5.41) is 7.90. The standard InChI is InChI=1S/C24H21Cl2N3O4/c1-13-21-19(28-29-23(30)14-6-9-16(32-2)10-7-14)4-3-5-20(21)33-22(13)24(31)27-18-11-8-15(25)12-17(18)26/h6-12H,3-5H2,1-2H3,(H,27,31)(H,29,30)/b28-19+. The molecule has 0 fully saturated rings. The van der Waals surface area contributed by atoms with Gasteiger partial charge in [0.1, 0.15) is 11.5 Å². The van der Waals surface area contributed by atoms with Gasteiger partial charge in [0.25, 0.3) is 11.8 Å². The number of amides is 2. The lowest BCUT2D eigenvalue weighted by Gasteiger charge is -2.13. The Bertz CT molecular complexity index is 1250. The molecule has 7 nitrogen and oxygen atoms in total. The number of fused-ring (bicyclic) bond motifs is 1. The number of furan rings is 1. The summed E-state index contributed by atoms with van der Waals surface area (Å²) in [6, 6.07) is 11.6. The smallest absolute Gasteiger partial charge is 0.291 e. The second-order valence-corrected chi connectivity index (χ2v) is 8.36. The number of hydrogen-bond donors (Lipinski definition) is 2. The molecule has 9 heteroatoms. The van der Waals surface area contributed by atoms with Gasteiger partial charge in [0.15, 0.2) is 5.76 Å². The van der Waals surface area contributed by atoms with Crippen LogP contribution in [0.3, 0.4) is 0 Å². The van der Waals surface area contributed by atoms with Gasteiger partial charge in [-0.25, -0.2) is 5.43 Å². The summed E-state index contributed by atoms with van der Waals surface area (Å²) in [7, 11) is 1.56. The summed E-state index contributed by atoms with van der Waals surface area (Å²) in [4.78, 5) is 25.4. The Morgan fingerprint density at radius 1 is 1.06 bits per heavy atom. The van der Waals surface area contributed by atoms with E-state index in [0.717, 1.165) is 12.0 Å². The first-order valence-corrected chi connectivity index (χ1v) is 11.0. The Morgan fingerprint density at radius 3 is 2.52 bits per heavy atom. The van der Waals surface area contributed by atoms with Crippen LogP contribution in [0.25, 0.3) is 0 Å². The number of methoxy groups -OCH3 is 1. The number of carbonyl (C=O) groups is 2. The van der Waals surface area contributed by atoms with Gasteiger partial charge in [-0.05, 0) is 62.2 Å². The molecule has 0 radical (unpaired) electrons. The predicted octanol–water partition coefficient (Wildman–Crippen LogP) is 5.63. The second-order valence-electron chi connectivity index (χ2n) is 7.51. The molecule has 0 saturated heterocycles. The van der Waals surface area contributed by atoms with Crippen molar-refractivity contribution in [3.05, 3.63) is 80.7 Å². The maximum Gasteiger partial charge on any atom is 0.291 e. The van der Waals surface area contributed by atoms with Crippen LogP contribution in [-0.2, 0) is 6.42 Å². The molecule has 1 aliphatic rings. The second kappa shape index (κ2) is 9.68. The van der Waals surface area contributed by atoms with Gasteiger partial charge in [0.05, 0.1) is 23.5 Å². The Labute approximate surface area is 200 Å². The fourth-order valence-electron chi connectivity index (χ4n) is 3.69. The van der Waals surface area contributed by atoms with E-state index in [0.29, 0.717) is 56.9 Å². The first-order chi connectivity index (χ1) is 15.9. The average molecular weight is 486 g/mol. The van der Waals surface area contributed by atoms with Gasteiger partial charge < -0.3 is 14.5 Å². The molecule has 2 N–H and O–H groups in total. The number of benzene rings is 2. The van der Waals surface area contributed by atoms with Crippen LogP contribution < -0.4 is 15.5 Å². The highest BCUT2D eigenvalue weighted by atomic mass is 35.5. The number of aryl methyl sites for hydroxylation is 1. The molecule has 0 spiro atoms. The van der Waals surface area contributed by atoms with Crippen LogP contribution in [0.2, 0.25) is 10.0 Å². The van der Waals surface area contributed by atoms with Crippen molar-refractivity contribution in [3.8, 4) is 5.75 Å². The predicted molar refractivity (Wildman–Crippen MR) is 128 cm³/mol. The van der Waals surface area contributed by atoms with E-state index >= 15 is 0 Å². The number of halogens is 2. The van der Waals surface area contributed by atoms with Gasteiger partial charge in [-0.3, -0.25) is 9.59 Å². The van der Waals surface area contributed by atoms with Gasteiger partial charge in [0, 0.05) is 28.1 Å². The largest absolute Gasteiger partial charge is 0.497 e.